The van der Waals surface area contributed by atoms with E-state index in [0.717, 1.165) is 5.25 Å². The van der Waals surface area contributed by atoms with Gasteiger partial charge in [0.15, 0.2) is 0 Å². The first-order valence-corrected chi connectivity index (χ1v) is 7.37. The van der Waals surface area contributed by atoms with Gasteiger partial charge in [0.2, 0.25) is 0 Å². The van der Waals surface area contributed by atoms with Crippen molar-refractivity contribution < 1.29 is 0 Å². The SMILES string of the molecule is CNC1CCN(CC2Cc3ccccc3S2)C1. The fourth-order valence-electron chi connectivity index (χ4n) is 2.88. The summed E-state index contributed by atoms with van der Waals surface area (Å²) in [5, 5.41) is 4.15. The molecule has 2 aliphatic heterocycles. The molecule has 0 bridgehead atoms. The van der Waals surface area contributed by atoms with Crippen molar-refractivity contribution in [3.63, 3.8) is 0 Å². The number of rotatable bonds is 3. The summed E-state index contributed by atoms with van der Waals surface area (Å²) in [7, 11) is 2.08. The number of benzene rings is 1. The summed E-state index contributed by atoms with van der Waals surface area (Å²) < 4.78 is 0. The molecule has 2 atom stereocenters. The molecule has 1 aromatic carbocycles. The van der Waals surface area contributed by atoms with Crippen LogP contribution in [0.1, 0.15) is 12.0 Å². The van der Waals surface area contributed by atoms with Crippen LogP contribution in [0.2, 0.25) is 0 Å². The number of likely N-dealkylation sites (tertiary alicyclic amines) is 1. The van der Waals surface area contributed by atoms with Crippen LogP contribution in [-0.2, 0) is 6.42 Å². The zero-order chi connectivity index (χ0) is 11.7. The minimum Gasteiger partial charge on any atom is -0.316 e. The fourth-order valence-corrected chi connectivity index (χ4v) is 4.25. The maximum Gasteiger partial charge on any atom is 0.0263 e. The third-order valence-electron chi connectivity index (χ3n) is 3.86. The van der Waals surface area contributed by atoms with Crippen molar-refractivity contribution in [3.05, 3.63) is 29.8 Å². The molecule has 0 radical (unpaired) electrons. The van der Waals surface area contributed by atoms with E-state index >= 15 is 0 Å². The zero-order valence-electron chi connectivity index (χ0n) is 10.4. The molecule has 3 rings (SSSR count). The number of thioether (sulfide) groups is 1. The Hall–Kier alpha value is -0.510. The highest BCUT2D eigenvalue weighted by Gasteiger charge is 2.27. The summed E-state index contributed by atoms with van der Waals surface area (Å²) >= 11 is 2.07. The first-order valence-electron chi connectivity index (χ1n) is 6.49. The normalized spacial score (nSPS) is 28.5. The molecule has 2 nitrogen and oxygen atoms in total. The number of likely N-dealkylation sites (N-methyl/N-ethyl adjacent to an activating group) is 1. The second-order valence-electron chi connectivity index (χ2n) is 5.09. The van der Waals surface area contributed by atoms with Crippen LogP contribution in [0, 0.1) is 0 Å². The summed E-state index contributed by atoms with van der Waals surface area (Å²) in [6.45, 7) is 3.74. The quantitative estimate of drug-likeness (QED) is 0.881. The van der Waals surface area contributed by atoms with E-state index in [2.05, 4.69) is 53.3 Å². The first kappa shape index (κ1) is 11.6. The van der Waals surface area contributed by atoms with Crippen LogP contribution in [0.15, 0.2) is 29.2 Å². The Morgan fingerprint density at radius 1 is 1.41 bits per heavy atom. The van der Waals surface area contributed by atoms with E-state index in [4.69, 9.17) is 0 Å². The molecule has 3 heteroatoms. The molecular formula is C14H20N2S. The zero-order valence-corrected chi connectivity index (χ0v) is 11.2. The second kappa shape index (κ2) is 5.01. The van der Waals surface area contributed by atoms with Crippen molar-refractivity contribution in [1.82, 2.24) is 10.2 Å². The highest BCUT2D eigenvalue weighted by atomic mass is 32.2. The van der Waals surface area contributed by atoms with Crippen molar-refractivity contribution in [2.45, 2.75) is 29.0 Å². The lowest BCUT2D eigenvalue weighted by molar-refractivity contribution is 0.330. The molecule has 0 saturated carbocycles. The molecule has 17 heavy (non-hydrogen) atoms. The lowest BCUT2D eigenvalue weighted by atomic mass is 10.1. The van der Waals surface area contributed by atoms with Gasteiger partial charge in [0.1, 0.15) is 0 Å². The van der Waals surface area contributed by atoms with Crippen molar-refractivity contribution in [3.8, 4) is 0 Å². The molecule has 1 fully saturated rings. The maximum atomic E-state index is 3.39. The molecule has 1 aromatic rings. The Bertz CT molecular complexity index is 369. The Morgan fingerprint density at radius 3 is 3.06 bits per heavy atom. The van der Waals surface area contributed by atoms with Crippen molar-refractivity contribution in [2.24, 2.45) is 0 Å². The van der Waals surface area contributed by atoms with Crippen molar-refractivity contribution in [1.29, 1.82) is 0 Å². The minimum absolute atomic E-state index is 0.712. The number of fused-ring (bicyclic) bond motifs is 1. The van der Waals surface area contributed by atoms with Gasteiger partial charge in [0.05, 0.1) is 0 Å². The summed E-state index contributed by atoms with van der Waals surface area (Å²) in [4.78, 5) is 4.12. The molecule has 0 aliphatic carbocycles. The maximum absolute atomic E-state index is 3.39. The van der Waals surface area contributed by atoms with Gasteiger partial charge in [-0.25, -0.2) is 0 Å². The van der Waals surface area contributed by atoms with Gasteiger partial charge in [-0.3, -0.25) is 0 Å². The molecule has 0 aromatic heterocycles. The minimum atomic E-state index is 0.712. The van der Waals surface area contributed by atoms with Crippen LogP contribution in [0.4, 0.5) is 0 Å². The third kappa shape index (κ3) is 2.51. The summed E-state index contributed by atoms with van der Waals surface area (Å²) in [6, 6.07) is 9.57. The van der Waals surface area contributed by atoms with Gasteiger partial charge in [-0.05, 0) is 38.1 Å². The van der Waals surface area contributed by atoms with E-state index in [1.54, 1.807) is 5.56 Å². The highest BCUT2D eigenvalue weighted by molar-refractivity contribution is 8.00. The van der Waals surface area contributed by atoms with E-state index in [1.807, 2.05) is 0 Å². The second-order valence-corrected chi connectivity index (χ2v) is 6.43. The van der Waals surface area contributed by atoms with Crippen LogP contribution < -0.4 is 5.32 Å². The van der Waals surface area contributed by atoms with E-state index in [1.165, 1.54) is 37.4 Å². The van der Waals surface area contributed by atoms with Gasteiger partial charge in [-0.15, -0.1) is 11.8 Å². The van der Waals surface area contributed by atoms with Crippen LogP contribution >= 0.6 is 11.8 Å². The van der Waals surface area contributed by atoms with E-state index in [-0.39, 0.29) is 0 Å². The van der Waals surface area contributed by atoms with Gasteiger partial charge in [0, 0.05) is 29.3 Å². The largest absolute Gasteiger partial charge is 0.316 e. The average molecular weight is 248 g/mol. The summed E-state index contributed by atoms with van der Waals surface area (Å²) in [6.07, 6.45) is 2.56. The van der Waals surface area contributed by atoms with Crippen molar-refractivity contribution in [2.75, 3.05) is 26.7 Å². The Labute approximate surface area is 108 Å². The number of nitrogens with zero attached hydrogens (tertiary/aromatic N) is 1. The van der Waals surface area contributed by atoms with Gasteiger partial charge < -0.3 is 10.2 Å². The molecule has 2 heterocycles. The number of nitrogens with one attached hydrogen (secondary N) is 1. The van der Waals surface area contributed by atoms with Gasteiger partial charge in [0.25, 0.3) is 0 Å². The average Bonchev–Trinajstić information content (AvgIpc) is 2.94. The Kier molecular flexibility index (Phi) is 3.41. The van der Waals surface area contributed by atoms with E-state index in [9.17, 15) is 0 Å². The highest BCUT2D eigenvalue weighted by Crippen LogP contribution is 2.37. The van der Waals surface area contributed by atoms with E-state index in [0.29, 0.717) is 6.04 Å². The third-order valence-corrected chi connectivity index (χ3v) is 5.16. The lowest BCUT2D eigenvalue weighted by Gasteiger charge is -2.19. The monoisotopic (exact) mass is 248 g/mol. The molecule has 0 amide bonds. The predicted octanol–water partition coefficient (Wildman–Crippen LogP) is 2.00. The summed E-state index contributed by atoms with van der Waals surface area (Å²) in [5.41, 5.74) is 1.55. The lowest BCUT2D eigenvalue weighted by Crippen LogP contribution is -2.33. The standard InChI is InChI=1S/C14H20N2S/c1-15-12-6-7-16(9-12)10-13-8-11-4-2-3-5-14(11)17-13/h2-5,12-13,15H,6-10H2,1H3. The topological polar surface area (TPSA) is 15.3 Å². The molecule has 2 unspecified atom stereocenters. The molecule has 1 N–H and O–H groups in total. The predicted molar refractivity (Wildman–Crippen MR) is 73.7 cm³/mol. The number of hydrogen-bond acceptors (Lipinski definition) is 3. The Balaban J connectivity index is 1.56. The first-order chi connectivity index (χ1) is 8.35. The van der Waals surface area contributed by atoms with Crippen LogP contribution in [0.3, 0.4) is 0 Å². The smallest absolute Gasteiger partial charge is 0.0263 e. The van der Waals surface area contributed by atoms with Crippen LogP contribution in [0.25, 0.3) is 0 Å². The Morgan fingerprint density at radius 2 is 2.29 bits per heavy atom. The van der Waals surface area contributed by atoms with Crippen LogP contribution in [0.5, 0.6) is 0 Å². The molecule has 0 spiro atoms. The van der Waals surface area contributed by atoms with Crippen LogP contribution in [-0.4, -0.2) is 42.9 Å². The summed E-state index contributed by atoms with van der Waals surface area (Å²) in [5.74, 6) is 0. The molecule has 92 valence electrons. The molecule has 1 saturated heterocycles. The van der Waals surface area contributed by atoms with E-state index < -0.39 is 0 Å². The van der Waals surface area contributed by atoms with Gasteiger partial charge in [-0.2, -0.15) is 0 Å². The molecule has 2 aliphatic rings. The fraction of sp³-hybridized carbons (Fsp3) is 0.571. The number of hydrogen-bond donors (Lipinski definition) is 1. The van der Waals surface area contributed by atoms with Crippen molar-refractivity contribution >= 4 is 11.8 Å². The van der Waals surface area contributed by atoms with Gasteiger partial charge in [-0.1, -0.05) is 18.2 Å². The van der Waals surface area contributed by atoms with Gasteiger partial charge >= 0.3 is 0 Å². The molecular weight excluding hydrogens is 228 g/mol.